The van der Waals surface area contributed by atoms with E-state index in [1.807, 2.05) is 39.3 Å². The van der Waals surface area contributed by atoms with Crippen LogP contribution < -0.4 is 10.7 Å². The second-order valence-corrected chi connectivity index (χ2v) is 21.4. The normalized spacial score (nSPS) is 20.5. The van der Waals surface area contributed by atoms with Crippen molar-refractivity contribution in [1.82, 2.24) is 45.0 Å². The Balaban J connectivity index is 0.00000274. The summed E-state index contributed by atoms with van der Waals surface area (Å²) in [5, 5.41) is 17.6. The molecule has 4 aromatic rings. The van der Waals surface area contributed by atoms with Crippen LogP contribution in [0.4, 0.5) is 4.79 Å². The number of likely N-dealkylation sites (N-methyl/N-ethyl adjacent to an activating group) is 2. The van der Waals surface area contributed by atoms with Crippen molar-refractivity contribution in [1.29, 1.82) is 0 Å². The van der Waals surface area contributed by atoms with Crippen LogP contribution >= 0.6 is 65.3 Å². The summed E-state index contributed by atoms with van der Waals surface area (Å²) in [6.07, 6.45) is 5.21. The molecular formula is C50H77N9O7S5. The summed E-state index contributed by atoms with van der Waals surface area (Å²) in [5.41, 5.74) is 9.44. The number of likely N-dealkylation sites (tertiary alicyclic amines) is 1. The van der Waals surface area contributed by atoms with Gasteiger partial charge in [-0.3, -0.25) is 24.4 Å². The van der Waals surface area contributed by atoms with Crippen LogP contribution in [0, 0.1) is 16.7 Å². The smallest absolute Gasteiger partial charge is 0.324 e. The molecule has 3 aliphatic heterocycles. The zero-order valence-corrected chi connectivity index (χ0v) is 47.4. The number of amides is 4. The highest BCUT2D eigenvalue weighted by Gasteiger charge is 2.55. The molecule has 6 heterocycles. The third-order valence-electron chi connectivity index (χ3n) is 14.5. The van der Waals surface area contributed by atoms with Gasteiger partial charge in [0.05, 0.1) is 41.4 Å². The largest absolute Gasteiger partial charge is 0.464 e. The average Bonchev–Trinajstić information content (AvgIpc) is 3.87. The first kappa shape index (κ1) is 60.0. The molecular weight excluding hydrogens is 999 g/mol. The lowest BCUT2D eigenvalue weighted by Gasteiger charge is -2.61. The van der Waals surface area contributed by atoms with E-state index in [4.69, 9.17) is 19.4 Å². The van der Waals surface area contributed by atoms with Crippen molar-refractivity contribution in [2.24, 2.45) is 16.7 Å². The Morgan fingerprint density at radius 1 is 1.08 bits per heavy atom. The predicted molar refractivity (Wildman–Crippen MR) is 299 cm³/mol. The van der Waals surface area contributed by atoms with Gasteiger partial charge in [0.25, 0.3) is 5.91 Å². The van der Waals surface area contributed by atoms with E-state index in [9.17, 15) is 24.3 Å². The van der Waals surface area contributed by atoms with Crippen LogP contribution in [-0.4, -0.2) is 148 Å². The minimum Gasteiger partial charge on any atom is -0.464 e. The Morgan fingerprint density at radius 3 is 2.46 bits per heavy atom. The molecule has 6 bridgehead atoms. The number of ether oxygens (including phenoxy) is 2. The van der Waals surface area contributed by atoms with Gasteiger partial charge < -0.3 is 39.2 Å². The van der Waals surface area contributed by atoms with Gasteiger partial charge in [-0.15, -0.1) is 11.3 Å². The summed E-state index contributed by atoms with van der Waals surface area (Å²) in [7, 11) is 5.37. The molecule has 394 valence electrons. The van der Waals surface area contributed by atoms with E-state index in [0.717, 1.165) is 57.5 Å². The van der Waals surface area contributed by atoms with E-state index in [1.54, 1.807) is 25.3 Å². The fourth-order valence-electron chi connectivity index (χ4n) is 10.8. The van der Waals surface area contributed by atoms with Gasteiger partial charge in [-0.1, -0.05) is 33.8 Å². The van der Waals surface area contributed by atoms with E-state index in [1.165, 1.54) is 21.2 Å². The highest BCUT2D eigenvalue weighted by Crippen LogP contribution is 2.50. The van der Waals surface area contributed by atoms with E-state index >= 15 is 0 Å². The Kier molecular flexibility index (Phi) is 20.8. The number of hydrazine groups is 1. The number of urea groups is 1. The number of cyclic esters (lactones) is 1. The second-order valence-electron chi connectivity index (χ2n) is 20.5. The number of nitrogens with one attached hydrogen (secondary N) is 2. The van der Waals surface area contributed by atoms with Crippen molar-refractivity contribution in [2.45, 2.75) is 117 Å². The maximum atomic E-state index is 14.7. The number of carbonyl (C=O) groups is 4. The molecule has 4 amide bonds. The molecule has 4 atom stereocenters. The molecule has 3 aromatic heterocycles. The van der Waals surface area contributed by atoms with Crippen LogP contribution in [0.5, 0.6) is 0 Å². The molecule has 1 spiro atoms. The van der Waals surface area contributed by atoms with Gasteiger partial charge >= 0.3 is 12.0 Å². The van der Waals surface area contributed by atoms with Crippen LogP contribution in [0.3, 0.4) is 0 Å². The molecule has 0 radical (unpaired) electrons. The quantitative estimate of drug-likeness (QED) is 0.148. The van der Waals surface area contributed by atoms with Crippen LogP contribution in [-0.2, 0) is 43.2 Å². The Labute approximate surface area is 451 Å². The molecule has 3 N–H and O–H groups in total. The molecule has 1 aromatic carbocycles. The summed E-state index contributed by atoms with van der Waals surface area (Å²) in [6, 6.07) is 7.95. The summed E-state index contributed by atoms with van der Waals surface area (Å²) >= 11 is 1.43. The topological polar surface area (TPSA) is 175 Å². The maximum absolute atomic E-state index is 14.7. The third-order valence-corrected chi connectivity index (χ3v) is 15.4. The molecule has 3 fully saturated rings. The van der Waals surface area contributed by atoms with Gasteiger partial charge in [-0.2, -0.15) is 54.0 Å². The highest BCUT2D eigenvalue weighted by atomic mass is 32.1. The molecule has 1 aliphatic carbocycles. The Hall–Kier alpha value is -3.54. The number of thiazole rings is 1. The second kappa shape index (κ2) is 24.7. The zero-order chi connectivity index (χ0) is 47.9. The van der Waals surface area contributed by atoms with Crippen molar-refractivity contribution in [3.8, 4) is 22.5 Å². The summed E-state index contributed by atoms with van der Waals surface area (Å²) in [4.78, 5) is 72.4. The van der Waals surface area contributed by atoms with Gasteiger partial charge in [0, 0.05) is 104 Å². The van der Waals surface area contributed by atoms with Crippen molar-refractivity contribution in [3.05, 3.63) is 58.2 Å². The number of methoxy groups -OCH3 is 1. The third kappa shape index (κ3) is 12.4. The van der Waals surface area contributed by atoms with Gasteiger partial charge in [0.1, 0.15) is 18.1 Å². The minimum atomic E-state index is -1.05. The highest BCUT2D eigenvalue weighted by molar-refractivity contribution is 7.59. The van der Waals surface area contributed by atoms with E-state index in [2.05, 4.69) is 65.2 Å². The number of aliphatic hydroxyl groups is 1. The number of carbonyl (C=O) groups excluding carboxylic acids is 4. The Bertz CT molecular complexity index is 2490. The van der Waals surface area contributed by atoms with E-state index < -0.39 is 41.3 Å². The molecule has 1 saturated carbocycles. The molecule has 21 heteroatoms. The fourth-order valence-corrected chi connectivity index (χ4v) is 11.7. The minimum absolute atomic E-state index is 0. The number of fused-ring (bicyclic) bond motifs is 6. The SMILES string of the molecule is CCn1c(-c2cccnc2[C@H](C)OC)c2c3cc(ccc31)-c1csc(n1)C[C@H](NC(=O)[C@H](C(C)C)N(C)C(=O)N1CC3(CC(N(C)CCO)C3)C1)C(=O)N1CCC[C@H](N1)C(=O)OCC(C)(C)C2.S.S.S.S. The van der Waals surface area contributed by atoms with Crippen molar-refractivity contribution in [2.75, 3.05) is 60.6 Å². The molecule has 16 nitrogen and oxygen atoms in total. The number of esters is 1. The number of nitrogens with zero attached hydrogens (tertiary/aromatic N) is 7. The van der Waals surface area contributed by atoms with Gasteiger partial charge in [-0.25, -0.2) is 15.2 Å². The first-order chi connectivity index (χ1) is 32.0. The van der Waals surface area contributed by atoms with Gasteiger partial charge in [-0.05, 0) is 88.7 Å². The number of pyridine rings is 1. The number of rotatable bonds is 11. The van der Waals surface area contributed by atoms with Crippen LogP contribution in [0.2, 0.25) is 0 Å². The number of hydrogen-bond acceptors (Lipinski definition) is 12. The molecule has 0 unspecified atom stereocenters. The number of aliphatic hydroxyl groups excluding tert-OH is 1. The fraction of sp³-hybridized carbons (Fsp3) is 0.600. The lowest BCUT2D eigenvalue weighted by atomic mass is 9.60. The van der Waals surface area contributed by atoms with Crippen LogP contribution in [0.1, 0.15) is 89.6 Å². The monoisotopic (exact) mass is 1080 g/mol. The molecule has 2 saturated heterocycles. The first-order valence-electron chi connectivity index (χ1n) is 23.9. The molecule has 4 aliphatic rings. The van der Waals surface area contributed by atoms with E-state index in [0.29, 0.717) is 63.0 Å². The summed E-state index contributed by atoms with van der Waals surface area (Å²) in [5.74, 6) is -1.54. The zero-order valence-electron chi connectivity index (χ0n) is 42.6. The lowest BCUT2D eigenvalue weighted by molar-refractivity contribution is -0.155. The lowest BCUT2D eigenvalue weighted by Crippen LogP contribution is -2.69. The van der Waals surface area contributed by atoms with Gasteiger partial charge in [0.2, 0.25) is 5.91 Å². The van der Waals surface area contributed by atoms with Crippen molar-refractivity contribution >= 4 is 100 Å². The Morgan fingerprint density at radius 2 is 1.80 bits per heavy atom. The maximum Gasteiger partial charge on any atom is 0.324 e. The average molecular weight is 1080 g/mol. The van der Waals surface area contributed by atoms with Crippen LogP contribution in [0.15, 0.2) is 41.9 Å². The number of benzene rings is 1. The number of aryl methyl sites for hydroxylation is 1. The number of hydrogen-bond donors (Lipinski definition) is 3. The standard InChI is InChI=1S/C50H69N9O7S.4H2S/c1-10-58-40-16-15-32-21-35(40)36(44(58)34-13-11-17-51-42(34)31(4)65-9)25-49(5,6)29-66-47(63)37-14-12-18-59(54-37)46(62)38(22-41-52-39(32)26-67-41)53-45(61)43(30(2)3)56(8)48(64)57-27-50(28-57)23-33(24-50)55(7)19-20-60;;;;/h11,13,15-17,21,26,30-31,33,37-38,43,54,60H,10,12,14,18-20,22-25,27-29H2,1-9H3,(H,53,61);4*1H2/t31-,37-,38-,43-;;;;/m0..../s1. The van der Waals surface area contributed by atoms with Gasteiger partial charge in [0.15, 0.2) is 0 Å². The summed E-state index contributed by atoms with van der Waals surface area (Å²) in [6.45, 7) is 15.3. The molecule has 71 heavy (non-hydrogen) atoms. The molecule has 8 rings (SSSR count). The van der Waals surface area contributed by atoms with E-state index in [-0.39, 0.29) is 97.1 Å². The summed E-state index contributed by atoms with van der Waals surface area (Å²) < 4.78 is 14.3. The predicted octanol–water partition coefficient (Wildman–Crippen LogP) is 6.12. The first-order valence-corrected chi connectivity index (χ1v) is 24.8. The van der Waals surface area contributed by atoms with Crippen molar-refractivity contribution < 1.29 is 33.8 Å². The number of aromatic nitrogens is 3. The van der Waals surface area contributed by atoms with Crippen molar-refractivity contribution in [3.63, 3.8) is 0 Å². The van der Waals surface area contributed by atoms with Crippen LogP contribution in [0.25, 0.3) is 33.4 Å².